The van der Waals surface area contributed by atoms with E-state index >= 15 is 0 Å². The zero-order chi connectivity index (χ0) is 18.2. The zero-order valence-electron chi connectivity index (χ0n) is 16.3. The molecule has 1 heterocycles. The van der Waals surface area contributed by atoms with E-state index in [0.717, 1.165) is 32.5 Å². The van der Waals surface area contributed by atoms with Crippen molar-refractivity contribution in [2.75, 3.05) is 13.1 Å². The summed E-state index contributed by atoms with van der Waals surface area (Å²) in [4.78, 5) is 14.8. The highest BCUT2D eigenvalue weighted by molar-refractivity contribution is 5.85. The number of carbonyl (C=O) groups is 1. The first-order chi connectivity index (χ1) is 12.7. The van der Waals surface area contributed by atoms with Crippen LogP contribution in [0.3, 0.4) is 0 Å². The Morgan fingerprint density at radius 2 is 1.54 bits per heavy atom. The van der Waals surface area contributed by atoms with E-state index < -0.39 is 0 Å². The first-order valence-corrected chi connectivity index (χ1v) is 9.52. The van der Waals surface area contributed by atoms with Gasteiger partial charge in [0.05, 0.1) is 6.54 Å². The summed E-state index contributed by atoms with van der Waals surface area (Å²) in [6.07, 6.45) is 2.01. The Kier molecular flexibility index (Phi) is 11.2. The van der Waals surface area contributed by atoms with Crippen molar-refractivity contribution in [3.63, 3.8) is 0 Å². The van der Waals surface area contributed by atoms with Crippen LogP contribution in [0, 0.1) is 0 Å². The van der Waals surface area contributed by atoms with Crippen LogP contribution in [0.5, 0.6) is 0 Å². The van der Waals surface area contributed by atoms with Gasteiger partial charge < -0.3 is 10.6 Å². The number of halogens is 2. The largest absolute Gasteiger partial charge is 0.352 e. The average Bonchev–Trinajstić information content (AvgIpc) is 2.63. The molecule has 1 aliphatic rings. The monoisotopic (exact) mass is 423 g/mol. The van der Waals surface area contributed by atoms with Crippen molar-refractivity contribution in [2.45, 2.75) is 44.9 Å². The SMILES string of the molecule is CC1CC(NC(=O)CN(Cc2ccccc2)Cc2ccccc2)CCN1.Cl.Cl. The van der Waals surface area contributed by atoms with Gasteiger partial charge in [0, 0.05) is 25.2 Å². The molecule has 2 aromatic carbocycles. The van der Waals surface area contributed by atoms with Crippen molar-refractivity contribution in [1.82, 2.24) is 15.5 Å². The maximum atomic E-state index is 12.6. The number of nitrogens with zero attached hydrogens (tertiary/aromatic N) is 1. The molecule has 2 unspecified atom stereocenters. The van der Waals surface area contributed by atoms with Crippen molar-refractivity contribution in [3.05, 3.63) is 71.8 Å². The van der Waals surface area contributed by atoms with Crippen LogP contribution in [-0.4, -0.2) is 36.0 Å². The molecular formula is C22H31Cl2N3O. The van der Waals surface area contributed by atoms with Crippen LogP contribution in [0.4, 0.5) is 0 Å². The smallest absolute Gasteiger partial charge is 0.234 e. The molecule has 0 spiro atoms. The maximum Gasteiger partial charge on any atom is 0.234 e. The van der Waals surface area contributed by atoms with Crippen LogP contribution in [0.25, 0.3) is 0 Å². The van der Waals surface area contributed by atoms with Crippen LogP contribution in [0.15, 0.2) is 60.7 Å². The summed E-state index contributed by atoms with van der Waals surface area (Å²) in [6.45, 7) is 5.11. The fraction of sp³-hybridized carbons (Fsp3) is 0.409. The standard InChI is InChI=1S/C22H29N3O.2ClH/c1-18-14-21(12-13-23-18)24-22(26)17-25(15-19-8-4-2-5-9-19)16-20-10-6-3-7-11-20;;/h2-11,18,21,23H,12-17H2,1H3,(H,24,26);2*1H. The number of hydrogen-bond donors (Lipinski definition) is 2. The first-order valence-electron chi connectivity index (χ1n) is 9.52. The lowest BCUT2D eigenvalue weighted by Crippen LogP contribution is -2.48. The highest BCUT2D eigenvalue weighted by atomic mass is 35.5. The van der Waals surface area contributed by atoms with E-state index in [9.17, 15) is 4.79 Å². The van der Waals surface area contributed by atoms with Gasteiger partial charge in [-0.15, -0.1) is 24.8 Å². The van der Waals surface area contributed by atoms with Crippen LogP contribution < -0.4 is 10.6 Å². The van der Waals surface area contributed by atoms with E-state index in [2.05, 4.69) is 46.7 Å². The fourth-order valence-corrected chi connectivity index (χ4v) is 3.59. The summed E-state index contributed by atoms with van der Waals surface area (Å²) in [7, 11) is 0. The molecule has 4 nitrogen and oxygen atoms in total. The molecule has 0 aliphatic carbocycles. The minimum Gasteiger partial charge on any atom is -0.352 e. The molecular weight excluding hydrogens is 393 g/mol. The summed E-state index contributed by atoms with van der Waals surface area (Å²) in [5.74, 6) is 0.121. The van der Waals surface area contributed by atoms with E-state index in [1.807, 2.05) is 36.4 Å². The maximum absolute atomic E-state index is 12.6. The van der Waals surface area contributed by atoms with Crippen LogP contribution >= 0.6 is 24.8 Å². The van der Waals surface area contributed by atoms with E-state index in [1.165, 1.54) is 11.1 Å². The molecule has 1 amide bonds. The molecule has 1 aliphatic heterocycles. The van der Waals surface area contributed by atoms with Crippen LogP contribution in [0.2, 0.25) is 0 Å². The molecule has 2 N–H and O–H groups in total. The molecule has 154 valence electrons. The molecule has 1 fully saturated rings. The summed E-state index contributed by atoms with van der Waals surface area (Å²) in [5.41, 5.74) is 2.46. The number of amides is 1. The van der Waals surface area contributed by atoms with Crippen LogP contribution in [-0.2, 0) is 17.9 Å². The van der Waals surface area contributed by atoms with Gasteiger partial charge in [-0.25, -0.2) is 0 Å². The normalized spacial score (nSPS) is 18.6. The quantitative estimate of drug-likeness (QED) is 0.711. The Labute approximate surface area is 180 Å². The summed E-state index contributed by atoms with van der Waals surface area (Å²) < 4.78 is 0. The number of nitrogens with one attached hydrogen (secondary N) is 2. The lowest BCUT2D eigenvalue weighted by molar-refractivity contribution is -0.123. The third kappa shape index (κ3) is 8.19. The minimum atomic E-state index is 0. The average molecular weight is 424 g/mol. The number of rotatable bonds is 7. The topological polar surface area (TPSA) is 44.4 Å². The van der Waals surface area contributed by atoms with Crippen molar-refractivity contribution in [2.24, 2.45) is 0 Å². The van der Waals surface area contributed by atoms with Gasteiger partial charge in [-0.05, 0) is 37.4 Å². The van der Waals surface area contributed by atoms with Gasteiger partial charge >= 0.3 is 0 Å². The van der Waals surface area contributed by atoms with Crippen LogP contribution in [0.1, 0.15) is 30.9 Å². The van der Waals surface area contributed by atoms with E-state index in [4.69, 9.17) is 0 Å². The van der Waals surface area contributed by atoms with Crippen molar-refractivity contribution in [3.8, 4) is 0 Å². The van der Waals surface area contributed by atoms with Crippen molar-refractivity contribution < 1.29 is 4.79 Å². The molecule has 0 aromatic heterocycles. The van der Waals surface area contributed by atoms with E-state index in [-0.39, 0.29) is 36.8 Å². The number of benzene rings is 2. The summed E-state index contributed by atoms with van der Waals surface area (Å²) in [5, 5.41) is 6.66. The molecule has 28 heavy (non-hydrogen) atoms. The van der Waals surface area contributed by atoms with Gasteiger partial charge in [0.1, 0.15) is 0 Å². The second-order valence-electron chi connectivity index (χ2n) is 7.26. The molecule has 0 saturated carbocycles. The Morgan fingerprint density at radius 3 is 2.04 bits per heavy atom. The predicted molar refractivity (Wildman–Crippen MR) is 120 cm³/mol. The fourth-order valence-electron chi connectivity index (χ4n) is 3.59. The second kappa shape index (κ2) is 12.8. The van der Waals surface area contributed by atoms with Gasteiger partial charge in [-0.1, -0.05) is 60.7 Å². The molecule has 0 radical (unpaired) electrons. The zero-order valence-corrected chi connectivity index (χ0v) is 18.0. The van der Waals surface area contributed by atoms with E-state index in [1.54, 1.807) is 0 Å². The van der Waals surface area contributed by atoms with Gasteiger partial charge in [-0.2, -0.15) is 0 Å². The third-order valence-electron chi connectivity index (χ3n) is 4.85. The Morgan fingerprint density at radius 1 is 1.00 bits per heavy atom. The Hall–Kier alpha value is -1.59. The molecule has 3 rings (SSSR count). The predicted octanol–water partition coefficient (Wildman–Crippen LogP) is 3.79. The van der Waals surface area contributed by atoms with Gasteiger partial charge in [-0.3, -0.25) is 9.69 Å². The third-order valence-corrected chi connectivity index (χ3v) is 4.85. The minimum absolute atomic E-state index is 0. The molecule has 0 bridgehead atoms. The Bertz CT molecular complexity index is 643. The second-order valence-corrected chi connectivity index (χ2v) is 7.26. The summed E-state index contributed by atoms with van der Waals surface area (Å²) in [6, 6.07) is 21.5. The number of piperidine rings is 1. The molecule has 6 heteroatoms. The molecule has 1 saturated heterocycles. The lowest BCUT2D eigenvalue weighted by Gasteiger charge is -2.30. The summed E-state index contributed by atoms with van der Waals surface area (Å²) >= 11 is 0. The van der Waals surface area contributed by atoms with E-state index in [0.29, 0.717) is 12.6 Å². The highest BCUT2D eigenvalue weighted by Gasteiger charge is 2.21. The van der Waals surface area contributed by atoms with Gasteiger partial charge in [0.2, 0.25) is 5.91 Å². The Balaban J connectivity index is 0.00000196. The molecule has 2 aromatic rings. The molecule has 2 atom stereocenters. The van der Waals surface area contributed by atoms with Gasteiger partial charge in [0.15, 0.2) is 0 Å². The van der Waals surface area contributed by atoms with Crippen molar-refractivity contribution in [1.29, 1.82) is 0 Å². The number of carbonyl (C=O) groups excluding carboxylic acids is 1. The first kappa shape index (κ1) is 24.4. The highest BCUT2D eigenvalue weighted by Crippen LogP contribution is 2.11. The van der Waals surface area contributed by atoms with Crippen molar-refractivity contribution >= 4 is 30.7 Å². The number of hydrogen-bond acceptors (Lipinski definition) is 3. The van der Waals surface area contributed by atoms with Gasteiger partial charge in [0.25, 0.3) is 0 Å². The lowest BCUT2D eigenvalue weighted by atomic mass is 10.0.